The van der Waals surface area contributed by atoms with E-state index in [4.69, 9.17) is 4.42 Å². The highest BCUT2D eigenvalue weighted by Gasteiger charge is 2.24. The maximum absolute atomic E-state index is 13.0. The van der Waals surface area contributed by atoms with E-state index in [2.05, 4.69) is 4.90 Å². The van der Waals surface area contributed by atoms with Crippen molar-refractivity contribution in [2.75, 3.05) is 31.1 Å². The molecule has 3 rings (SSSR count). The zero-order valence-corrected chi connectivity index (χ0v) is 12.8. The highest BCUT2D eigenvalue weighted by atomic mass is 19.1. The summed E-state index contributed by atoms with van der Waals surface area (Å²) in [6.07, 6.45) is 0. The molecule has 0 aliphatic carbocycles. The number of rotatable bonds is 2. The lowest BCUT2D eigenvalue weighted by Crippen LogP contribution is -2.48. The van der Waals surface area contributed by atoms with Crippen LogP contribution in [0.2, 0.25) is 0 Å². The molecule has 1 aromatic heterocycles. The zero-order chi connectivity index (χ0) is 15.7. The molecule has 1 aliphatic rings. The van der Waals surface area contributed by atoms with Crippen molar-refractivity contribution in [2.24, 2.45) is 0 Å². The second-order valence-corrected chi connectivity index (χ2v) is 5.61. The van der Waals surface area contributed by atoms with Gasteiger partial charge < -0.3 is 14.2 Å². The third-order valence-electron chi connectivity index (χ3n) is 4.14. The van der Waals surface area contributed by atoms with Gasteiger partial charge in [0.1, 0.15) is 11.6 Å². The lowest BCUT2D eigenvalue weighted by atomic mass is 10.2. The Labute approximate surface area is 129 Å². The van der Waals surface area contributed by atoms with Gasteiger partial charge in [0.15, 0.2) is 5.76 Å². The van der Waals surface area contributed by atoms with E-state index < -0.39 is 0 Å². The number of aryl methyl sites for hydroxylation is 2. The molecule has 2 aromatic rings. The largest absolute Gasteiger partial charge is 0.456 e. The monoisotopic (exact) mass is 302 g/mol. The first kappa shape index (κ1) is 14.6. The number of carbonyl (C=O) groups is 1. The normalized spacial score (nSPS) is 15.2. The Morgan fingerprint density at radius 1 is 1.09 bits per heavy atom. The van der Waals surface area contributed by atoms with Crippen LogP contribution in [0.5, 0.6) is 0 Å². The van der Waals surface area contributed by atoms with Crippen molar-refractivity contribution in [3.63, 3.8) is 0 Å². The van der Waals surface area contributed by atoms with Gasteiger partial charge in [-0.1, -0.05) is 0 Å². The molecule has 2 heterocycles. The van der Waals surface area contributed by atoms with Gasteiger partial charge >= 0.3 is 0 Å². The van der Waals surface area contributed by atoms with Crippen LogP contribution in [0.1, 0.15) is 21.9 Å². The Bertz CT molecular complexity index is 651. The van der Waals surface area contributed by atoms with E-state index >= 15 is 0 Å². The fraction of sp³-hybridized carbons (Fsp3) is 0.353. The number of piperazine rings is 1. The number of hydrogen-bond acceptors (Lipinski definition) is 3. The van der Waals surface area contributed by atoms with E-state index in [0.29, 0.717) is 18.8 Å². The molecule has 0 radical (unpaired) electrons. The first-order valence-corrected chi connectivity index (χ1v) is 7.41. The maximum atomic E-state index is 13.0. The van der Waals surface area contributed by atoms with E-state index in [1.165, 1.54) is 12.1 Å². The van der Waals surface area contributed by atoms with E-state index in [-0.39, 0.29) is 11.7 Å². The second kappa shape index (κ2) is 5.83. The number of nitrogens with zero attached hydrogens (tertiary/aromatic N) is 2. The van der Waals surface area contributed by atoms with Crippen LogP contribution in [-0.4, -0.2) is 37.0 Å². The molecule has 5 heteroatoms. The number of carbonyl (C=O) groups excluding carboxylic acids is 1. The molecule has 1 aliphatic heterocycles. The predicted octanol–water partition coefficient (Wildman–Crippen LogP) is 3.00. The molecule has 22 heavy (non-hydrogen) atoms. The van der Waals surface area contributed by atoms with Crippen LogP contribution in [0.25, 0.3) is 0 Å². The molecular weight excluding hydrogens is 283 g/mol. The molecular formula is C17H19FN2O2. The van der Waals surface area contributed by atoms with E-state index in [9.17, 15) is 9.18 Å². The second-order valence-electron chi connectivity index (χ2n) is 5.61. The lowest BCUT2D eigenvalue weighted by molar-refractivity contribution is 0.0713. The van der Waals surface area contributed by atoms with Gasteiger partial charge in [-0.05, 0) is 49.7 Å². The van der Waals surface area contributed by atoms with Crippen molar-refractivity contribution in [1.29, 1.82) is 0 Å². The molecule has 0 bridgehead atoms. The summed E-state index contributed by atoms with van der Waals surface area (Å²) in [6.45, 7) is 6.52. The van der Waals surface area contributed by atoms with Crippen LogP contribution in [0.15, 0.2) is 34.7 Å². The number of furan rings is 1. The predicted molar refractivity (Wildman–Crippen MR) is 82.7 cm³/mol. The van der Waals surface area contributed by atoms with Crippen LogP contribution < -0.4 is 4.90 Å². The van der Waals surface area contributed by atoms with Gasteiger partial charge in [0, 0.05) is 31.9 Å². The van der Waals surface area contributed by atoms with Crippen LogP contribution in [0, 0.1) is 19.7 Å². The fourth-order valence-electron chi connectivity index (χ4n) is 2.65. The highest BCUT2D eigenvalue weighted by Crippen LogP contribution is 2.19. The Hall–Kier alpha value is -2.30. The van der Waals surface area contributed by atoms with Crippen molar-refractivity contribution in [3.8, 4) is 0 Å². The van der Waals surface area contributed by atoms with Gasteiger partial charge in [-0.25, -0.2) is 4.39 Å². The fourth-order valence-corrected chi connectivity index (χ4v) is 2.65. The molecule has 0 atom stereocenters. The highest BCUT2D eigenvalue weighted by molar-refractivity contribution is 5.92. The van der Waals surface area contributed by atoms with Gasteiger partial charge in [0.2, 0.25) is 0 Å². The Balaban J connectivity index is 1.64. The summed E-state index contributed by atoms with van der Waals surface area (Å²) in [7, 11) is 0. The average Bonchev–Trinajstić information content (AvgIpc) is 2.87. The third kappa shape index (κ3) is 2.84. The average molecular weight is 302 g/mol. The third-order valence-corrected chi connectivity index (χ3v) is 4.14. The number of benzene rings is 1. The standard InChI is InChI=1S/C17H19FN2O2/c1-12-11-16(22-13(12)2)17(21)20-9-7-19(8-10-20)15-5-3-14(18)4-6-15/h3-6,11H,7-10H2,1-2H3. The zero-order valence-electron chi connectivity index (χ0n) is 12.8. The van der Waals surface area contributed by atoms with Crippen LogP contribution in [-0.2, 0) is 0 Å². The minimum absolute atomic E-state index is 0.0602. The summed E-state index contributed by atoms with van der Waals surface area (Å²) in [6, 6.07) is 8.25. The van der Waals surface area contributed by atoms with Crippen molar-refractivity contribution in [3.05, 3.63) is 53.2 Å². The molecule has 116 valence electrons. The first-order chi connectivity index (χ1) is 10.5. The van der Waals surface area contributed by atoms with Crippen LogP contribution in [0.3, 0.4) is 0 Å². The van der Waals surface area contributed by atoms with Crippen LogP contribution >= 0.6 is 0 Å². The van der Waals surface area contributed by atoms with Gasteiger partial charge in [-0.3, -0.25) is 4.79 Å². The maximum Gasteiger partial charge on any atom is 0.289 e. The van der Waals surface area contributed by atoms with Gasteiger partial charge in [-0.2, -0.15) is 0 Å². The lowest BCUT2D eigenvalue weighted by Gasteiger charge is -2.35. The van der Waals surface area contributed by atoms with E-state index in [1.807, 2.05) is 13.8 Å². The summed E-state index contributed by atoms with van der Waals surface area (Å²) >= 11 is 0. The molecule has 0 N–H and O–H groups in total. The van der Waals surface area contributed by atoms with Crippen molar-refractivity contribution < 1.29 is 13.6 Å². The topological polar surface area (TPSA) is 36.7 Å². The Morgan fingerprint density at radius 3 is 2.27 bits per heavy atom. The summed E-state index contributed by atoms with van der Waals surface area (Å²) < 4.78 is 18.5. The molecule has 1 saturated heterocycles. The minimum Gasteiger partial charge on any atom is -0.456 e. The number of amides is 1. The Morgan fingerprint density at radius 2 is 1.73 bits per heavy atom. The summed E-state index contributed by atoms with van der Waals surface area (Å²) in [5.74, 6) is 0.898. The molecule has 1 fully saturated rings. The minimum atomic E-state index is -0.235. The molecule has 0 spiro atoms. The number of halogens is 1. The molecule has 0 unspecified atom stereocenters. The van der Waals surface area contributed by atoms with Gasteiger partial charge in [-0.15, -0.1) is 0 Å². The smallest absolute Gasteiger partial charge is 0.289 e. The van der Waals surface area contributed by atoms with Crippen molar-refractivity contribution in [2.45, 2.75) is 13.8 Å². The first-order valence-electron chi connectivity index (χ1n) is 7.41. The molecule has 0 saturated carbocycles. The number of anilines is 1. The molecule has 4 nitrogen and oxygen atoms in total. The van der Waals surface area contributed by atoms with E-state index in [1.54, 1.807) is 23.1 Å². The number of hydrogen-bond donors (Lipinski definition) is 0. The van der Waals surface area contributed by atoms with Gasteiger partial charge in [0.25, 0.3) is 5.91 Å². The summed E-state index contributed by atoms with van der Waals surface area (Å²) in [4.78, 5) is 16.4. The molecule has 1 amide bonds. The van der Waals surface area contributed by atoms with Gasteiger partial charge in [0.05, 0.1) is 0 Å². The van der Waals surface area contributed by atoms with E-state index in [0.717, 1.165) is 30.1 Å². The van der Waals surface area contributed by atoms with Crippen molar-refractivity contribution >= 4 is 11.6 Å². The quantitative estimate of drug-likeness (QED) is 0.855. The van der Waals surface area contributed by atoms with Crippen LogP contribution in [0.4, 0.5) is 10.1 Å². The van der Waals surface area contributed by atoms with Crippen molar-refractivity contribution in [1.82, 2.24) is 4.90 Å². The summed E-state index contributed by atoms with van der Waals surface area (Å²) in [5.41, 5.74) is 1.98. The SMILES string of the molecule is Cc1cc(C(=O)N2CCN(c3ccc(F)cc3)CC2)oc1C. The molecule has 1 aromatic carbocycles. The summed E-state index contributed by atoms with van der Waals surface area (Å²) in [5, 5.41) is 0. The Kier molecular flexibility index (Phi) is 3.88.